The number of hydrogen-bond acceptors (Lipinski definition) is 15. The molecule has 0 bridgehead atoms. The van der Waals surface area contributed by atoms with Gasteiger partial charge in [-0.25, -0.2) is 0 Å². The molecule has 5 N–H and O–H groups in total. The van der Waals surface area contributed by atoms with Gasteiger partial charge in [0.1, 0.15) is 37.1 Å². The van der Waals surface area contributed by atoms with Crippen molar-refractivity contribution in [3.05, 3.63) is 0 Å². The molecule has 0 aromatic heterocycles. The second-order valence-corrected chi connectivity index (χ2v) is 13.8. The second kappa shape index (κ2) is 29.0. The quantitative estimate of drug-likeness (QED) is 0.0401. The minimum atomic E-state index is -1.98. The molecule has 310 valence electrons. The van der Waals surface area contributed by atoms with Gasteiger partial charge in [-0.1, -0.05) is 91.9 Å². The molecule has 15 nitrogen and oxygen atoms in total. The summed E-state index contributed by atoms with van der Waals surface area (Å²) in [5, 5.41) is 50.1. The summed E-state index contributed by atoms with van der Waals surface area (Å²) in [5.74, 6) is -2.50. The van der Waals surface area contributed by atoms with Gasteiger partial charge in [-0.05, 0) is 25.7 Å². The Morgan fingerprint density at radius 3 is 1.47 bits per heavy atom. The second-order valence-electron chi connectivity index (χ2n) is 13.8. The number of carbonyl (C=O) groups is 4. The van der Waals surface area contributed by atoms with Crippen LogP contribution >= 0.6 is 0 Å². The molecule has 0 saturated carbocycles. The van der Waals surface area contributed by atoms with Crippen LogP contribution in [0.3, 0.4) is 0 Å². The molecule has 1 rings (SSSR count). The lowest BCUT2D eigenvalue weighted by Crippen LogP contribution is -2.63. The van der Waals surface area contributed by atoms with Crippen LogP contribution in [0.15, 0.2) is 0 Å². The Bertz CT molecular complexity index is 1010. The molecule has 0 radical (unpaired) electrons. The number of aliphatic hydroxyl groups excluding tert-OH is 5. The van der Waals surface area contributed by atoms with Crippen molar-refractivity contribution < 1.29 is 73.1 Å². The highest BCUT2D eigenvalue weighted by molar-refractivity contribution is 5.72. The molecule has 1 aliphatic rings. The number of ether oxygens (including phenoxy) is 6. The summed E-state index contributed by atoms with van der Waals surface area (Å²) in [5.41, 5.74) is 0. The fourth-order valence-electron chi connectivity index (χ4n) is 5.71. The van der Waals surface area contributed by atoms with E-state index in [0.717, 1.165) is 64.2 Å². The van der Waals surface area contributed by atoms with E-state index in [1.165, 1.54) is 0 Å². The predicted octanol–water partition coefficient (Wildman–Crippen LogP) is 3.54. The lowest BCUT2D eigenvalue weighted by molar-refractivity contribution is -0.313. The smallest absolute Gasteiger partial charge is 0.306 e. The van der Waals surface area contributed by atoms with Crippen LogP contribution in [0.4, 0.5) is 0 Å². The summed E-state index contributed by atoms with van der Waals surface area (Å²) < 4.78 is 35.2. The van der Waals surface area contributed by atoms with Crippen LogP contribution in [-0.4, -0.2) is 124 Å². The van der Waals surface area contributed by atoms with Gasteiger partial charge in [-0.2, -0.15) is 0 Å². The van der Waals surface area contributed by atoms with Crippen LogP contribution in [-0.2, 0) is 47.6 Å². The first kappa shape index (κ1) is 48.6. The molecule has 0 amide bonds. The molecule has 0 unspecified atom stereocenters. The van der Waals surface area contributed by atoms with Gasteiger partial charge in [-0.3, -0.25) is 19.2 Å². The van der Waals surface area contributed by atoms with Crippen molar-refractivity contribution in [2.45, 2.75) is 198 Å². The van der Waals surface area contributed by atoms with Gasteiger partial charge in [0.05, 0.1) is 13.2 Å². The maximum absolute atomic E-state index is 13.3. The zero-order valence-corrected chi connectivity index (χ0v) is 32.4. The Balaban J connectivity index is 3.56. The molecule has 0 spiro atoms. The number of aliphatic hydroxyl groups is 5. The molecule has 15 heteroatoms. The maximum Gasteiger partial charge on any atom is 0.306 e. The van der Waals surface area contributed by atoms with Crippen LogP contribution in [0.1, 0.15) is 143 Å². The molecule has 1 fully saturated rings. The van der Waals surface area contributed by atoms with E-state index in [1.54, 1.807) is 0 Å². The van der Waals surface area contributed by atoms with E-state index in [2.05, 4.69) is 6.92 Å². The first-order valence-corrected chi connectivity index (χ1v) is 19.8. The summed E-state index contributed by atoms with van der Waals surface area (Å²) in [6, 6.07) is 0. The lowest BCUT2D eigenvalue weighted by atomic mass is 9.97. The third-order valence-corrected chi connectivity index (χ3v) is 9.00. The summed E-state index contributed by atoms with van der Waals surface area (Å²) in [4.78, 5) is 52.4. The summed E-state index contributed by atoms with van der Waals surface area (Å²) >= 11 is 0. The number of rotatable bonds is 30. The van der Waals surface area contributed by atoms with Gasteiger partial charge in [-0.15, -0.1) is 0 Å². The van der Waals surface area contributed by atoms with Crippen molar-refractivity contribution in [2.24, 2.45) is 0 Å². The van der Waals surface area contributed by atoms with E-state index in [-0.39, 0.29) is 25.7 Å². The molecule has 1 heterocycles. The van der Waals surface area contributed by atoms with Crippen molar-refractivity contribution in [1.82, 2.24) is 0 Å². The molecule has 9 atom stereocenters. The molecule has 1 aliphatic heterocycles. The van der Waals surface area contributed by atoms with Crippen LogP contribution < -0.4 is 0 Å². The Hall–Kier alpha value is -2.40. The topological polar surface area (TPSA) is 225 Å². The fourth-order valence-corrected chi connectivity index (χ4v) is 5.71. The van der Waals surface area contributed by atoms with Gasteiger partial charge >= 0.3 is 23.9 Å². The highest BCUT2D eigenvalue weighted by Crippen LogP contribution is 2.31. The van der Waals surface area contributed by atoms with E-state index < -0.39 is 98.8 Å². The van der Waals surface area contributed by atoms with Crippen molar-refractivity contribution in [2.75, 3.05) is 19.8 Å². The van der Waals surface area contributed by atoms with Gasteiger partial charge in [0.2, 0.25) is 0 Å². The van der Waals surface area contributed by atoms with E-state index in [4.69, 9.17) is 28.4 Å². The van der Waals surface area contributed by atoms with Gasteiger partial charge in [0, 0.05) is 25.7 Å². The van der Waals surface area contributed by atoms with E-state index in [0.29, 0.717) is 25.7 Å². The first-order chi connectivity index (χ1) is 25.4. The van der Waals surface area contributed by atoms with Crippen LogP contribution in [0.5, 0.6) is 0 Å². The highest BCUT2D eigenvalue weighted by atomic mass is 16.7. The Kier molecular flexibility index (Phi) is 26.6. The SMILES string of the molecule is CCCCCCCC(=O)O[C@@H]1[C@H](OC[C@H](O)[C@@H](O)[C@@H](O)[C@H](O)CO)O[C@H](COC(=O)CCCCC)[C@@H](OC(=O)CCCCC)[C@@H]1OC(=O)CCCCC. The van der Waals surface area contributed by atoms with Gasteiger partial charge in [0.15, 0.2) is 24.6 Å². The van der Waals surface area contributed by atoms with Crippen molar-refractivity contribution in [3.8, 4) is 0 Å². The number of carbonyl (C=O) groups excluding carboxylic acids is 4. The fraction of sp³-hybridized carbons (Fsp3) is 0.895. The lowest BCUT2D eigenvalue weighted by Gasteiger charge is -2.44. The third-order valence-electron chi connectivity index (χ3n) is 9.00. The molecule has 0 aliphatic carbocycles. The zero-order valence-electron chi connectivity index (χ0n) is 32.4. The molecule has 53 heavy (non-hydrogen) atoms. The van der Waals surface area contributed by atoms with Crippen LogP contribution in [0.2, 0.25) is 0 Å². The minimum absolute atomic E-state index is 0.0109. The number of hydrogen-bond donors (Lipinski definition) is 5. The molecule has 1 saturated heterocycles. The van der Waals surface area contributed by atoms with E-state index in [1.807, 2.05) is 20.8 Å². The monoisotopic (exact) mass is 764 g/mol. The summed E-state index contributed by atoms with van der Waals surface area (Å²) in [6.07, 6.45) is -3.94. The molecular formula is C38H68O15. The van der Waals surface area contributed by atoms with E-state index >= 15 is 0 Å². The number of esters is 4. The summed E-state index contributed by atoms with van der Waals surface area (Å²) in [7, 11) is 0. The highest BCUT2D eigenvalue weighted by Gasteiger charge is 2.53. The third kappa shape index (κ3) is 19.7. The van der Waals surface area contributed by atoms with E-state index in [9.17, 15) is 44.7 Å². The van der Waals surface area contributed by atoms with Crippen LogP contribution in [0, 0.1) is 0 Å². The van der Waals surface area contributed by atoms with Crippen molar-refractivity contribution >= 4 is 23.9 Å². The molecule has 0 aromatic rings. The Labute approximate surface area is 315 Å². The van der Waals surface area contributed by atoms with Gasteiger partial charge < -0.3 is 54.0 Å². The Morgan fingerprint density at radius 2 is 0.962 bits per heavy atom. The molecule has 0 aromatic carbocycles. The number of unbranched alkanes of at least 4 members (excludes halogenated alkanes) is 10. The first-order valence-electron chi connectivity index (χ1n) is 19.8. The normalized spacial score (nSPS) is 22.3. The average molecular weight is 765 g/mol. The Morgan fingerprint density at radius 1 is 0.547 bits per heavy atom. The van der Waals surface area contributed by atoms with Crippen molar-refractivity contribution in [3.63, 3.8) is 0 Å². The largest absolute Gasteiger partial charge is 0.463 e. The van der Waals surface area contributed by atoms with Crippen LogP contribution in [0.25, 0.3) is 0 Å². The zero-order chi connectivity index (χ0) is 39.6. The van der Waals surface area contributed by atoms with Gasteiger partial charge in [0.25, 0.3) is 0 Å². The summed E-state index contributed by atoms with van der Waals surface area (Å²) in [6.45, 7) is 5.91. The molecular weight excluding hydrogens is 696 g/mol. The maximum atomic E-state index is 13.3. The minimum Gasteiger partial charge on any atom is -0.463 e. The standard InChI is InChI=1S/C38H68O15/c1-5-9-13-14-18-22-32(45)53-37-36(52-31(44)21-17-12-8-4)35(51-30(43)20-16-11-7-3)28(25-48-29(42)19-15-10-6-2)50-38(37)49-24-27(41)34(47)33(46)26(40)23-39/h26-28,33-41,46-47H,5-25H2,1-4H3/t26-,27+,28-,33+,34-,35-,36+,37+,38-/m1/s1. The predicted molar refractivity (Wildman–Crippen MR) is 192 cm³/mol. The average Bonchev–Trinajstić information content (AvgIpc) is 3.14. The van der Waals surface area contributed by atoms with Crippen molar-refractivity contribution in [1.29, 1.82) is 0 Å².